The molecule has 132 valence electrons. The first kappa shape index (κ1) is 18.7. The zero-order valence-corrected chi connectivity index (χ0v) is 15.0. The van der Waals surface area contributed by atoms with Gasteiger partial charge in [0.2, 0.25) is 0 Å². The van der Waals surface area contributed by atoms with E-state index in [9.17, 15) is 9.59 Å². The maximum absolute atomic E-state index is 11.7. The number of aryl methyl sites for hydroxylation is 1. The van der Waals surface area contributed by atoms with Crippen LogP contribution in [0.2, 0.25) is 5.15 Å². The number of hydrogen-bond acceptors (Lipinski definition) is 5. The van der Waals surface area contributed by atoms with Crippen LogP contribution in [0.15, 0.2) is 36.4 Å². The maximum atomic E-state index is 11.7. The van der Waals surface area contributed by atoms with E-state index < -0.39 is 18.5 Å². The molecular weight excluding hydrogens is 344 g/mol. The van der Waals surface area contributed by atoms with Crippen LogP contribution in [-0.4, -0.2) is 34.4 Å². The monoisotopic (exact) mass is 362 g/mol. The molecule has 1 heterocycles. The first-order valence-electron chi connectivity index (χ1n) is 7.73. The largest absolute Gasteiger partial charge is 0.460 e. The van der Waals surface area contributed by atoms with Gasteiger partial charge in [0.15, 0.2) is 6.61 Å². The van der Waals surface area contributed by atoms with Gasteiger partial charge in [-0.3, -0.25) is 0 Å². The lowest BCUT2D eigenvalue weighted by Crippen LogP contribution is -2.18. The molecule has 0 amide bonds. The minimum Gasteiger partial charge on any atom is -0.460 e. The highest BCUT2D eigenvalue weighted by atomic mass is 35.5. The SMILES string of the molecule is Cc1nn(-c2ccccc2)c(Cl)c1/C=C/C(=O)OCC(=O)OC(C)C. The first-order valence-corrected chi connectivity index (χ1v) is 8.11. The summed E-state index contributed by atoms with van der Waals surface area (Å²) in [4.78, 5) is 23.1. The van der Waals surface area contributed by atoms with Gasteiger partial charge >= 0.3 is 11.9 Å². The fourth-order valence-electron chi connectivity index (χ4n) is 2.07. The molecule has 0 bridgehead atoms. The number of benzene rings is 1. The summed E-state index contributed by atoms with van der Waals surface area (Å²) in [6, 6.07) is 9.41. The van der Waals surface area contributed by atoms with Crippen molar-refractivity contribution < 1.29 is 19.1 Å². The van der Waals surface area contributed by atoms with Crippen LogP contribution in [0, 0.1) is 6.92 Å². The second kappa shape index (κ2) is 8.48. The Hall–Kier alpha value is -2.60. The fraction of sp³-hybridized carbons (Fsp3) is 0.278. The fourth-order valence-corrected chi connectivity index (χ4v) is 2.40. The predicted molar refractivity (Wildman–Crippen MR) is 94.5 cm³/mol. The third-order valence-corrected chi connectivity index (χ3v) is 3.50. The average Bonchev–Trinajstić information content (AvgIpc) is 2.85. The van der Waals surface area contributed by atoms with Crippen molar-refractivity contribution in [1.29, 1.82) is 0 Å². The van der Waals surface area contributed by atoms with E-state index in [-0.39, 0.29) is 6.10 Å². The van der Waals surface area contributed by atoms with Crippen LogP contribution in [0.25, 0.3) is 11.8 Å². The molecule has 7 heteroatoms. The Morgan fingerprint density at radius 3 is 2.60 bits per heavy atom. The number of aromatic nitrogens is 2. The molecule has 0 radical (unpaired) electrons. The van der Waals surface area contributed by atoms with E-state index in [0.29, 0.717) is 16.4 Å². The Morgan fingerprint density at radius 2 is 1.96 bits per heavy atom. The van der Waals surface area contributed by atoms with Gasteiger partial charge in [-0.15, -0.1) is 0 Å². The maximum Gasteiger partial charge on any atom is 0.344 e. The molecule has 0 aliphatic carbocycles. The molecule has 25 heavy (non-hydrogen) atoms. The summed E-state index contributed by atoms with van der Waals surface area (Å²) in [5.41, 5.74) is 2.08. The van der Waals surface area contributed by atoms with Gasteiger partial charge in [-0.05, 0) is 39.0 Å². The Kier molecular flexibility index (Phi) is 6.36. The van der Waals surface area contributed by atoms with Gasteiger partial charge in [-0.2, -0.15) is 5.10 Å². The number of rotatable bonds is 6. The molecule has 0 spiro atoms. The van der Waals surface area contributed by atoms with Crippen molar-refractivity contribution >= 4 is 29.6 Å². The van der Waals surface area contributed by atoms with Crippen molar-refractivity contribution in [2.45, 2.75) is 26.9 Å². The van der Waals surface area contributed by atoms with Crippen molar-refractivity contribution in [3.8, 4) is 5.69 Å². The van der Waals surface area contributed by atoms with Gasteiger partial charge in [0.05, 0.1) is 17.5 Å². The van der Waals surface area contributed by atoms with Crippen LogP contribution in [-0.2, 0) is 19.1 Å². The molecule has 0 aliphatic rings. The predicted octanol–water partition coefficient (Wildman–Crippen LogP) is 3.34. The van der Waals surface area contributed by atoms with Gasteiger partial charge in [0, 0.05) is 11.6 Å². The van der Waals surface area contributed by atoms with E-state index >= 15 is 0 Å². The van der Waals surface area contributed by atoms with E-state index in [1.54, 1.807) is 25.5 Å². The summed E-state index contributed by atoms with van der Waals surface area (Å²) in [6.45, 7) is 4.79. The van der Waals surface area contributed by atoms with E-state index in [0.717, 1.165) is 5.69 Å². The summed E-state index contributed by atoms with van der Waals surface area (Å²) >= 11 is 6.36. The zero-order valence-electron chi connectivity index (χ0n) is 14.2. The van der Waals surface area contributed by atoms with Crippen molar-refractivity contribution in [2.24, 2.45) is 0 Å². The number of esters is 2. The van der Waals surface area contributed by atoms with E-state index in [1.807, 2.05) is 30.3 Å². The number of hydrogen-bond donors (Lipinski definition) is 0. The first-order chi connectivity index (χ1) is 11.9. The Balaban J connectivity index is 2.05. The third-order valence-electron chi connectivity index (χ3n) is 3.13. The van der Waals surface area contributed by atoms with Crippen molar-refractivity contribution in [1.82, 2.24) is 9.78 Å². The van der Waals surface area contributed by atoms with Crippen molar-refractivity contribution in [3.63, 3.8) is 0 Å². The van der Waals surface area contributed by atoms with Crippen LogP contribution in [0.4, 0.5) is 0 Å². The normalized spacial score (nSPS) is 11.1. The Labute approximate surface area is 151 Å². The molecule has 0 unspecified atom stereocenters. The van der Waals surface area contributed by atoms with Gasteiger partial charge in [-0.1, -0.05) is 29.8 Å². The molecule has 2 aromatic rings. The number of carbonyl (C=O) groups is 2. The number of halogens is 1. The smallest absolute Gasteiger partial charge is 0.344 e. The molecule has 0 aliphatic heterocycles. The summed E-state index contributed by atoms with van der Waals surface area (Å²) in [6.07, 6.45) is 2.46. The number of carbonyl (C=O) groups excluding carboxylic acids is 2. The van der Waals surface area contributed by atoms with Gasteiger partial charge in [-0.25, -0.2) is 14.3 Å². The van der Waals surface area contributed by atoms with Crippen LogP contribution in [0.1, 0.15) is 25.1 Å². The molecule has 0 saturated heterocycles. The van der Waals surface area contributed by atoms with E-state index in [2.05, 4.69) is 5.10 Å². The van der Waals surface area contributed by atoms with E-state index in [4.69, 9.17) is 21.1 Å². The van der Waals surface area contributed by atoms with Crippen LogP contribution >= 0.6 is 11.6 Å². The third kappa shape index (κ3) is 5.19. The molecule has 0 N–H and O–H groups in total. The minimum atomic E-state index is -0.663. The number of ether oxygens (including phenoxy) is 2. The van der Waals surface area contributed by atoms with Gasteiger partial charge < -0.3 is 9.47 Å². The number of nitrogens with zero attached hydrogens (tertiary/aromatic N) is 2. The highest BCUT2D eigenvalue weighted by Crippen LogP contribution is 2.24. The highest BCUT2D eigenvalue weighted by molar-refractivity contribution is 6.31. The quantitative estimate of drug-likeness (QED) is 0.582. The van der Waals surface area contributed by atoms with E-state index in [1.165, 1.54) is 12.2 Å². The lowest BCUT2D eigenvalue weighted by atomic mass is 10.2. The topological polar surface area (TPSA) is 70.4 Å². The van der Waals surface area contributed by atoms with Crippen LogP contribution in [0.3, 0.4) is 0 Å². The zero-order chi connectivity index (χ0) is 18.4. The van der Waals surface area contributed by atoms with Crippen molar-refractivity contribution in [3.05, 3.63) is 52.8 Å². The summed E-state index contributed by atoms with van der Waals surface area (Å²) < 4.78 is 11.3. The molecule has 1 aromatic heterocycles. The lowest BCUT2D eigenvalue weighted by molar-refractivity contribution is -0.158. The average molecular weight is 363 g/mol. The van der Waals surface area contributed by atoms with Crippen LogP contribution in [0.5, 0.6) is 0 Å². The van der Waals surface area contributed by atoms with Crippen molar-refractivity contribution in [2.75, 3.05) is 6.61 Å². The second-order valence-corrected chi connectivity index (χ2v) is 5.87. The molecule has 0 fully saturated rings. The standard InChI is InChI=1S/C18H19ClN2O4/c1-12(2)25-17(23)11-24-16(22)10-9-15-13(3)20-21(18(15)19)14-7-5-4-6-8-14/h4-10,12H,11H2,1-3H3/b10-9+. The second-order valence-electron chi connectivity index (χ2n) is 5.52. The molecule has 1 aromatic carbocycles. The molecule has 0 saturated carbocycles. The molecular formula is C18H19ClN2O4. The molecule has 2 rings (SSSR count). The minimum absolute atomic E-state index is 0.257. The van der Waals surface area contributed by atoms with Gasteiger partial charge in [0.25, 0.3) is 0 Å². The summed E-state index contributed by atoms with van der Waals surface area (Å²) in [5, 5.41) is 4.75. The summed E-state index contributed by atoms with van der Waals surface area (Å²) in [7, 11) is 0. The highest BCUT2D eigenvalue weighted by Gasteiger charge is 2.13. The Morgan fingerprint density at radius 1 is 1.28 bits per heavy atom. The molecule has 0 atom stereocenters. The lowest BCUT2D eigenvalue weighted by Gasteiger charge is -2.07. The molecule has 6 nitrogen and oxygen atoms in total. The Bertz CT molecular complexity index is 782. The van der Waals surface area contributed by atoms with Gasteiger partial charge in [0.1, 0.15) is 5.15 Å². The van der Waals surface area contributed by atoms with Crippen LogP contribution < -0.4 is 0 Å². The number of para-hydroxylation sites is 1. The summed E-state index contributed by atoms with van der Waals surface area (Å²) in [5.74, 6) is -1.26.